The Morgan fingerprint density at radius 1 is 1.47 bits per heavy atom. The van der Waals surface area contributed by atoms with Crippen molar-refractivity contribution in [1.82, 2.24) is 4.90 Å². The van der Waals surface area contributed by atoms with Crippen LogP contribution in [-0.4, -0.2) is 35.3 Å². The molecule has 1 aliphatic rings. The van der Waals surface area contributed by atoms with E-state index in [1.54, 1.807) is 0 Å². The van der Waals surface area contributed by atoms with Crippen LogP contribution in [0.25, 0.3) is 0 Å². The van der Waals surface area contributed by atoms with Crippen molar-refractivity contribution in [3.05, 3.63) is 0 Å². The quantitative estimate of drug-likeness (QED) is 0.656. The molecule has 86 valence electrons. The molecule has 0 aliphatic carbocycles. The van der Waals surface area contributed by atoms with Gasteiger partial charge in [-0.05, 0) is 12.3 Å². The number of likely N-dealkylation sites (tertiary alicyclic amines) is 1. The Bertz CT molecular complexity index is 265. The second kappa shape index (κ2) is 4.61. The van der Waals surface area contributed by atoms with E-state index in [-0.39, 0.29) is 17.9 Å². The fourth-order valence-corrected chi connectivity index (χ4v) is 1.54. The van der Waals surface area contributed by atoms with Crippen LogP contribution < -0.4 is 11.5 Å². The number of nitrogens with zero attached hydrogens (tertiary/aromatic N) is 1. The van der Waals surface area contributed by atoms with Crippen molar-refractivity contribution >= 4 is 11.8 Å². The SMILES string of the molecule is CC(C)C(N)CC(=O)N1CCC1C(N)=O. The number of hydrogen-bond acceptors (Lipinski definition) is 3. The first-order valence-electron chi connectivity index (χ1n) is 5.28. The van der Waals surface area contributed by atoms with Gasteiger partial charge in [-0.1, -0.05) is 13.8 Å². The normalized spacial score (nSPS) is 22.4. The Morgan fingerprint density at radius 3 is 2.40 bits per heavy atom. The predicted molar refractivity (Wildman–Crippen MR) is 56.7 cm³/mol. The van der Waals surface area contributed by atoms with Gasteiger partial charge in [-0.2, -0.15) is 0 Å². The summed E-state index contributed by atoms with van der Waals surface area (Å²) in [4.78, 5) is 24.1. The average Bonchev–Trinajstić information content (AvgIpc) is 1.99. The molecule has 1 rings (SSSR count). The topological polar surface area (TPSA) is 89.4 Å². The molecular formula is C10H19N3O2. The van der Waals surface area contributed by atoms with Crippen LogP contribution in [0.4, 0.5) is 0 Å². The maximum Gasteiger partial charge on any atom is 0.240 e. The number of rotatable bonds is 4. The number of hydrogen-bond donors (Lipinski definition) is 2. The molecule has 1 heterocycles. The van der Waals surface area contributed by atoms with Crippen molar-refractivity contribution in [2.75, 3.05) is 6.54 Å². The minimum absolute atomic E-state index is 0.0637. The summed E-state index contributed by atoms with van der Waals surface area (Å²) in [5.41, 5.74) is 10.9. The van der Waals surface area contributed by atoms with Crippen LogP contribution in [0, 0.1) is 5.92 Å². The van der Waals surface area contributed by atoms with E-state index >= 15 is 0 Å². The van der Waals surface area contributed by atoms with E-state index in [4.69, 9.17) is 11.5 Å². The third kappa shape index (κ3) is 2.68. The fraction of sp³-hybridized carbons (Fsp3) is 0.800. The zero-order valence-electron chi connectivity index (χ0n) is 9.27. The van der Waals surface area contributed by atoms with Crippen LogP contribution in [0.1, 0.15) is 26.7 Å². The van der Waals surface area contributed by atoms with Gasteiger partial charge in [0.25, 0.3) is 0 Å². The van der Waals surface area contributed by atoms with Gasteiger partial charge in [-0.3, -0.25) is 9.59 Å². The van der Waals surface area contributed by atoms with Gasteiger partial charge in [0, 0.05) is 19.0 Å². The highest BCUT2D eigenvalue weighted by Crippen LogP contribution is 2.19. The average molecular weight is 213 g/mol. The third-order valence-corrected chi connectivity index (χ3v) is 2.94. The summed E-state index contributed by atoms with van der Waals surface area (Å²) >= 11 is 0. The van der Waals surface area contributed by atoms with Gasteiger partial charge in [0.15, 0.2) is 0 Å². The van der Waals surface area contributed by atoms with Crippen LogP contribution in [0.5, 0.6) is 0 Å². The van der Waals surface area contributed by atoms with E-state index < -0.39 is 11.9 Å². The Balaban J connectivity index is 2.44. The molecule has 2 unspecified atom stereocenters. The molecule has 0 aromatic heterocycles. The molecule has 2 amide bonds. The summed E-state index contributed by atoms with van der Waals surface area (Å²) in [6.45, 7) is 4.57. The predicted octanol–water partition coefficient (Wildman–Crippen LogP) is -0.554. The van der Waals surface area contributed by atoms with Crippen molar-refractivity contribution < 1.29 is 9.59 Å². The molecule has 0 aromatic carbocycles. The monoisotopic (exact) mass is 213 g/mol. The number of carbonyl (C=O) groups is 2. The first-order chi connectivity index (χ1) is 6.93. The molecule has 1 aliphatic heterocycles. The van der Waals surface area contributed by atoms with Crippen LogP contribution >= 0.6 is 0 Å². The lowest BCUT2D eigenvalue weighted by Crippen LogP contribution is -2.58. The zero-order valence-corrected chi connectivity index (χ0v) is 9.27. The molecule has 0 spiro atoms. The van der Waals surface area contributed by atoms with E-state index in [1.807, 2.05) is 13.8 Å². The maximum atomic E-state index is 11.7. The van der Waals surface area contributed by atoms with Crippen molar-refractivity contribution in [1.29, 1.82) is 0 Å². The number of nitrogens with two attached hydrogens (primary N) is 2. The van der Waals surface area contributed by atoms with Gasteiger partial charge in [0.05, 0.1) is 0 Å². The van der Waals surface area contributed by atoms with E-state index in [9.17, 15) is 9.59 Å². The Labute approximate surface area is 89.8 Å². The molecule has 0 bridgehead atoms. The standard InChI is InChI=1S/C10H19N3O2/c1-6(2)7(11)5-9(14)13-4-3-8(13)10(12)15/h6-8H,3-5,11H2,1-2H3,(H2,12,15). The van der Waals surface area contributed by atoms with Gasteiger partial charge in [-0.25, -0.2) is 0 Å². The highest BCUT2D eigenvalue weighted by atomic mass is 16.2. The van der Waals surface area contributed by atoms with Crippen molar-refractivity contribution in [3.8, 4) is 0 Å². The first-order valence-corrected chi connectivity index (χ1v) is 5.28. The molecule has 5 heteroatoms. The van der Waals surface area contributed by atoms with Gasteiger partial charge >= 0.3 is 0 Å². The molecule has 15 heavy (non-hydrogen) atoms. The molecular weight excluding hydrogens is 194 g/mol. The van der Waals surface area contributed by atoms with Gasteiger partial charge in [0.1, 0.15) is 6.04 Å². The summed E-state index contributed by atoms with van der Waals surface area (Å²) < 4.78 is 0. The lowest BCUT2D eigenvalue weighted by Gasteiger charge is -2.39. The Kier molecular flexibility index (Phi) is 3.68. The minimum atomic E-state index is -0.423. The molecule has 5 nitrogen and oxygen atoms in total. The highest BCUT2D eigenvalue weighted by molar-refractivity contribution is 5.88. The lowest BCUT2D eigenvalue weighted by molar-refractivity contribution is -0.146. The highest BCUT2D eigenvalue weighted by Gasteiger charge is 2.36. The molecule has 1 fully saturated rings. The third-order valence-electron chi connectivity index (χ3n) is 2.94. The van der Waals surface area contributed by atoms with E-state index in [0.717, 1.165) is 0 Å². The Morgan fingerprint density at radius 2 is 2.07 bits per heavy atom. The smallest absolute Gasteiger partial charge is 0.240 e. The lowest BCUT2D eigenvalue weighted by atomic mass is 9.97. The maximum absolute atomic E-state index is 11.7. The first kappa shape index (κ1) is 12.0. The molecule has 4 N–H and O–H groups in total. The number of carbonyl (C=O) groups excluding carboxylic acids is 2. The largest absolute Gasteiger partial charge is 0.368 e. The van der Waals surface area contributed by atoms with E-state index in [2.05, 4.69) is 0 Å². The summed E-state index contributed by atoms with van der Waals surface area (Å²) in [6, 6.07) is -0.552. The van der Waals surface area contributed by atoms with Crippen molar-refractivity contribution in [3.63, 3.8) is 0 Å². The Hall–Kier alpha value is -1.10. The number of amides is 2. The van der Waals surface area contributed by atoms with Gasteiger partial charge in [-0.15, -0.1) is 0 Å². The molecule has 1 saturated heterocycles. The molecule has 0 saturated carbocycles. The van der Waals surface area contributed by atoms with Crippen molar-refractivity contribution in [2.24, 2.45) is 17.4 Å². The van der Waals surface area contributed by atoms with Crippen LogP contribution in [0.15, 0.2) is 0 Å². The van der Waals surface area contributed by atoms with Crippen LogP contribution in [0.3, 0.4) is 0 Å². The second-order valence-corrected chi connectivity index (χ2v) is 4.41. The summed E-state index contributed by atoms with van der Waals surface area (Å²) in [5.74, 6) is -0.221. The summed E-state index contributed by atoms with van der Waals surface area (Å²) in [5, 5.41) is 0. The molecule has 2 atom stereocenters. The fourth-order valence-electron chi connectivity index (χ4n) is 1.54. The van der Waals surface area contributed by atoms with Crippen LogP contribution in [-0.2, 0) is 9.59 Å². The summed E-state index contributed by atoms with van der Waals surface area (Å²) in [6.07, 6.45) is 0.972. The van der Waals surface area contributed by atoms with E-state index in [1.165, 1.54) is 4.90 Å². The minimum Gasteiger partial charge on any atom is -0.368 e. The van der Waals surface area contributed by atoms with Gasteiger partial charge < -0.3 is 16.4 Å². The number of primary amides is 1. The van der Waals surface area contributed by atoms with Crippen LogP contribution in [0.2, 0.25) is 0 Å². The van der Waals surface area contributed by atoms with Crippen molar-refractivity contribution in [2.45, 2.75) is 38.8 Å². The zero-order chi connectivity index (χ0) is 11.6. The molecule has 0 aromatic rings. The van der Waals surface area contributed by atoms with E-state index in [0.29, 0.717) is 19.4 Å². The second-order valence-electron chi connectivity index (χ2n) is 4.41. The summed E-state index contributed by atoms with van der Waals surface area (Å²) in [7, 11) is 0. The van der Waals surface area contributed by atoms with Gasteiger partial charge in [0.2, 0.25) is 11.8 Å². The molecule has 0 radical (unpaired) electrons.